The second-order valence-corrected chi connectivity index (χ2v) is 5.04. The summed E-state index contributed by atoms with van der Waals surface area (Å²) in [5.74, 6) is 0.609. The Bertz CT molecular complexity index is 548. The Morgan fingerprint density at radius 1 is 1.35 bits per heavy atom. The maximum Gasteiger partial charge on any atom is 0.0864 e. The Morgan fingerprint density at radius 2 is 2.18 bits per heavy atom. The van der Waals surface area contributed by atoms with E-state index >= 15 is 0 Å². The molecule has 17 heavy (non-hydrogen) atoms. The van der Waals surface area contributed by atoms with Crippen LogP contribution in [0.3, 0.4) is 0 Å². The van der Waals surface area contributed by atoms with E-state index in [1.54, 1.807) is 16.9 Å². The Labute approximate surface area is 109 Å². The summed E-state index contributed by atoms with van der Waals surface area (Å²) in [6.07, 6.45) is 5.99. The van der Waals surface area contributed by atoms with Crippen molar-refractivity contribution < 1.29 is 0 Å². The van der Waals surface area contributed by atoms with Gasteiger partial charge < -0.3 is 0 Å². The summed E-state index contributed by atoms with van der Waals surface area (Å²) in [6.45, 7) is 0.524. The second kappa shape index (κ2) is 4.27. The van der Waals surface area contributed by atoms with Gasteiger partial charge in [-0.3, -0.25) is 4.98 Å². The molecule has 2 aromatic heterocycles. The fourth-order valence-corrected chi connectivity index (χ4v) is 2.11. The molecule has 2 aromatic rings. The third kappa shape index (κ3) is 2.42. The average molecular weight is 269 g/mol. The molecule has 0 spiro atoms. The normalized spacial score (nSPS) is 15.2. The van der Waals surface area contributed by atoms with E-state index in [4.69, 9.17) is 23.2 Å². The van der Waals surface area contributed by atoms with Gasteiger partial charge in [-0.15, -0.1) is 5.10 Å². The maximum atomic E-state index is 6.05. The molecule has 6 heteroatoms. The third-order valence-corrected chi connectivity index (χ3v) is 3.28. The highest BCUT2D eigenvalue weighted by molar-refractivity contribution is 6.34. The zero-order valence-corrected chi connectivity index (χ0v) is 10.5. The van der Waals surface area contributed by atoms with Gasteiger partial charge in [0.1, 0.15) is 0 Å². The molecule has 1 aliphatic rings. The first-order valence-electron chi connectivity index (χ1n) is 5.42. The SMILES string of the molecule is Clc1cnc(Cn2cc(C3CC3)nn2)c(Cl)c1. The number of halogens is 2. The molecular weight excluding hydrogens is 259 g/mol. The minimum Gasteiger partial charge on any atom is -0.256 e. The summed E-state index contributed by atoms with van der Waals surface area (Å²) in [6, 6.07) is 1.68. The lowest BCUT2D eigenvalue weighted by Gasteiger charge is -2.02. The van der Waals surface area contributed by atoms with Gasteiger partial charge in [0.2, 0.25) is 0 Å². The fraction of sp³-hybridized carbons (Fsp3) is 0.364. The van der Waals surface area contributed by atoms with Crippen molar-refractivity contribution in [2.45, 2.75) is 25.3 Å². The van der Waals surface area contributed by atoms with Crippen molar-refractivity contribution in [2.24, 2.45) is 0 Å². The number of hydrogen-bond acceptors (Lipinski definition) is 3. The van der Waals surface area contributed by atoms with Crippen LogP contribution < -0.4 is 0 Å². The van der Waals surface area contributed by atoms with Crippen LogP contribution in [0.5, 0.6) is 0 Å². The second-order valence-electron chi connectivity index (χ2n) is 4.20. The highest BCUT2D eigenvalue weighted by Gasteiger charge is 2.26. The zero-order chi connectivity index (χ0) is 11.8. The van der Waals surface area contributed by atoms with E-state index in [0.29, 0.717) is 22.5 Å². The van der Waals surface area contributed by atoms with Crippen LogP contribution in [-0.2, 0) is 6.54 Å². The van der Waals surface area contributed by atoms with Gasteiger partial charge in [0, 0.05) is 18.3 Å². The molecule has 0 aliphatic heterocycles. The molecule has 1 saturated carbocycles. The molecule has 1 aliphatic carbocycles. The van der Waals surface area contributed by atoms with Gasteiger partial charge in [-0.2, -0.15) is 0 Å². The summed E-state index contributed by atoms with van der Waals surface area (Å²) in [5.41, 5.74) is 1.82. The van der Waals surface area contributed by atoms with E-state index in [9.17, 15) is 0 Å². The molecule has 0 amide bonds. The molecule has 4 nitrogen and oxygen atoms in total. The molecular formula is C11H10Cl2N4. The van der Waals surface area contributed by atoms with Crippen molar-refractivity contribution in [3.05, 3.63) is 39.9 Å². The first-order chi connectivity index (χ1) is 8.22. The molecule has 0 saturated heterocycles. The maximum absolute atomic E-state index is 6.05. The van der Waals surface area contributed by atoms with Crippen molar-refractivity contribution in [1.82, 2.24) is 20.0 Å². The van der Waals surface area contributed by atoms with Gasteiger partial charge in [-0.05, 0) is 18.9 Å². The highest BCUT2D eigenvalue weighted by Crippen LogP contribution is 2.38. The summed E-state index contributed by atoms with van der Waals surface area (Å²) in [4.78, 5) is 4.19. The van der Waals surface area contributed by atoms with E-state index in [2.05, 4.69) is 15.3 Å². The van der Waals surface area contributed by atoms with Gasteiger partial charge in [-0.1, -0.05) is 28.4 Å². The van der Waals surface area contributed by atoms with Gasteiger partial charge in [0.25, 0.3) is 0 Å². The van der Waals surface area contributed by atoms with Crippen molar-refractivity contribution in [3.8, 4) is 0 Å². The van der Waals surface area contributed by atoms with Gasteiger partial charge in [-0.25, -0.2) is 4.68 Å². The van der Waals surface area contributed by atoms with Crippen LogP contribution in [0.25, 0.3) is 0 Å². The predicted molar refractivity (Wildman–Crippen MR) is 65.4 cm³/mol. The Hall–Kier alpha value is -1.13. The monoisotopic (exact) mass is 268 g/mol. The lowest BCUT2D eigenvalue weighted by atomic mass is 10.3. The largest absolute Gasteiger partial charge is 0.256 e. The van der Waals surface area contributed by atoms with Crippen LogP contribution in [0.2, 0.25) is 10.0 Å². The molecule has 0 radical (unpaired) electrons. The molecule has 0 unspecified atom stereocenters. The van der Waals surface area contributed by atoms with Crippen LogP contribution in [0.15, 0.2) is 18.5 Å². The van der Waals surface area contributed by atoms with Gasteiger partial charge in [0.15, 0.2) is 0 Å². The Morgan fingerprint density at radius 3 is 2.88 bits per heavy atom. The molecule has 2 heterocycles. The van der Waals surface area contributed by atoms with Crippen LogP contribution >= 0.6 is 23.2 Å². The minimum atomic E-state index is 0.524. The molecule has 0 N–H and O–H groups in total. The number of rotatable bonds is 3. The Kier molecular flexibility index (Phi) is 2.76. The quantitative estimate of drug-likeness (QED) is 0.860. The topological polar surface area (TPSA) is 43.6 Å². The summed E-state index contributed by atoms with van der Waals surface area (Å²) in [7, 11) is 0. The van der Waals surface area contributed by atoms with Crippen LogP contribution in [0.1, 0.15) is 30.1 Å². The molecule has 0 atom stereocenters. The van der Waals surface area contributed by atoms with E-state index in [0.717, 1.165) is 11.4 Å². The lowest BCUT2D eigenvalue weighted by molar-refractivity contribution is 0.638. The summed E-state index contributed by atoms with van der Waals surface area (Å²) < 4.78 is 1.76. The smallest absolute Gasteiger partial charge is 0.0864 e. The number of hydrogen-bond donors (Lipinski definition) is 0. The van der Waals surface area contributed by atoms with Crippen LogP contribution in [0.4, 0.5) is 0 Å². The van der Waals surface area contributed by atoms with Crippen molar-refractivity contribution in [3.63, 3.8) is 0 Å². The first-order valence-corrected chi connectivity index (χ1v) is 6.18. The summed E-state index contributed by atoms with van der Waals surface area (Å²) in [5, 5.41) is 9.30. The predicted octanol–water partition coefficient (Wildman–Crippen LogP) is 2.91. The van der Waals surface area contributed by atoms with Gasteiger partial charge >= 0.3 is 0 Å². The van der Waals surface area contributed by atoms with E-state index < -0.39 is 0 Å². The molecule has 88 valence electrons. The average Bonchev–Trinajstić information content (AvgIpc) is 3.04. The number of pyridine rings is 1. The van der Waals surface area contributed by atoms with E-state index in [1.165, 1.54) is 12.8 Å². The highest BCUT2D eigenvalue weighted by atomic mass is 35.5. The van der Waals surface area contributed by atoms with Crippen LogP contribution in [0, 0.1) is 0 Å². The van der Waals surface area contributed by atoms with Gasteiger partial charge in [0.05, 0.1) is 28.0 Å². The van der Waals surface area contributed by atoms with E-state index in [1.807, 2.05) is 6.20 Å². The standard InChI is InChI=1S/C11H10Cl2N4/c12-8-3-9(13)11(14-4-8)6-17-5-10(15-16-17)7-1-2-7/h3-5,7H,1-2,6H2. The molecule has 1 fully saturated rings. The molecule has 3 rings (SSSR count). The first kappa shape index (κ1) is 11.0. The van der Waals surface area contributed by atoms with Crippen LogP contribution in [-0.4, -0.2) is 20.0 Å². The van der Waals surface area contributed by atoms with Crippen molar-refractivity contribution in [1.29, 1.82) is 0 Å². The van der Waals surface area contributed by atoms with Crippen molar-refractivity contribution in [2.75, 3.05) is 0 Å². The zero-order valence-electron chi connectivity index (χ0n) is 8.98. The van der Waals surface area contributed by atoms with E-state index in [-0.39, 0.29) is 0 Å². The fourth-order valence-electron chi connectivity index (χ4n) is 1.67. The Balaban J connectivity index is 1.80. The molecule has 0 bridgehead atoms. The molecule has 0 aromatic carbocycles. The van der Waals surface area contributed by atoms with Crippen molar-refractivity contribution >= 4 is 23.2 Å². The number of aromatic nitrogens is 4. The minimum absolute atomic E-state index is 0.524. The summed E-state index contributed by atoms with van der Waals surface area (Å²) >= 11 is 11.8. The number of nitrogens with zero attached hydrogens (tertiary/aromatic N) is 4. The third-order valence-electron chi connectivity index (χ3n) is 2.75. The lowest BCUT2D eigenvalue weighted by Crippen LogP contribution is -2.03.